The van der Waals surface area contributed by atoms with Crippen LogP contribution in [0.1, 0.15) is 26.7 Å². The minimum Gasteiger partial charge on any atom is -0.388 e. The molecule has 1 N–H and O–H groups in total. The van der Waals surface area contributed by atoms with Crippen molar-refractivity contribution in [2.75, 3.05) is 13.2 Å². The number of hydrogen-bond donors (Lipinski definition) is 1. The summed E-state index contributed by atoms with van der Waals surface area (Å²) in [7, 11) is 0. The van der Waals surface area contributed by atoms with Crippen LogP contribution >= 0.6 is 0 Å². The molecule has 14 heavy (non-hydrogen) atoms. The molecule has 1 saturated heterocycles. The van der Waals surface area contributed by atoms with Crippen molar-refractivity contribution in [3.8, 4) is 0 Å². The van der Waals surface area contributed by atoms with Crippen LogP contribution in [0.25, 0.3) is 0 Å². The van der Waals surface area contributed by atoms with E-state index in [0.717, 1.165) is 18.4 Å². The van der Waals surface area contributed by atoms with Crippen molar-refractivity contribution in [2.45, 2.75) is 38.6 Å². The molecule has 3 heteroatoms. The van der Waals surface area contributed by atoms with Crippen LogP contribution in [0.2, 0.25) is 0 Å². The van der Waals surface area contributed by atoms with Crippen LogP contribution in [0, 0.1) is 5.41 Å². The number of rotatable bonds is 0. The van der Waals surface area contributed by atoms with E-state index in [1.807, 2.05) is 13.8 Å². The summed E-state index contributed by atoms with van der Waals surface area (Å²) in [5, 5.41) is 10.1. The first-order chi connectivity index (χ1) is 6.50. The minimum absolute atomic E-state index is 0.404. The summed E-state index contributed by atoms with van der Waals surface area (Å²) in [6, 6.07) is 0. The summed E-state index contributed by atoms with van der Waals surface area (Å²) < 4.78 is 11.4. The Morgan fingerprint density at radius 1 is 1.36 bits per heavy atom. The van der Waals surface area contributed by atoms with E-state index in [-0.39, 0.29) is 0 Å². The number of aliphatic hydroxyl groups excluding tert-OH is 1. The maximum atomic E-state index is 10.1. The van der Waals surface area contributed by atoms with Gasteiger partial charge >= 0.3 is 0 Å². The third-order valence-corrected chi connectivity index (χ3v) is 3.58. The second-order valence-electron chi connectivity index (χ2n) is 4.73. The van der Waals surface area contributed by atoms with Gasteiger partial charge in [0.05, 0.1) is 19.3 Å². The van der Waals surface area contributed by atoms with Gasteiger partial charge in [-0.15, -0.1) is 0 Å². The largest absolute Gasteiger partial charge is 0.388 e. The fraction of sp³-hybridized carbons (Fsp3) is 0.818. The van der Waals surface area contributed by atoms with Gasteiger partial charge in [-0.2, -0.15) is 0 Å². The summed E-state index contributed by atoms with van der Waals surface area (Å²) in [6.07, 6.45) is 1.05. The summed E-state index contributed by atoms with van der Waals surface area (Å²) in [6.45, 7) is 9.10. The molecule has 0 aromatic carbocycles. The Kier molecular flexibility index (Phi) is 2.21. The fourth-order valence-electron chi connectivity index (χ4n) is 2.47. The van der Waals surface area contributed by atoms with E-state index in [0.29, 0.717) is 13.2 Å². The normalized spacial score (nSPS) is 35.1. The molecule has 0 aromatic rings. The molecule has 0 amide bonds. The molecule has 0 bridgehead atoms. The summed E-state index contributed by atoms with van der Waals surface area (Å²) >= 11 is 0. The van der Waals surface area contributed by atoms with Crippen molar-refractivity contribution < 1.29 is 14.6 Å². The van der Waals surface area contributed by atoms with Crippen LogP contribution in [0.15, 0.2) is 12.2 Å². The molecular weight excluding hydrogens is 180 g/mol. The minimum atomic E-state index is -0.590. The molecule has 1 spiro atoms. The van der Waals surface area contributed by atoms with E-state index in [2.05, 4.69) is 6.58 Å². The second kappa shape index (κ2) is 3.05. The van der Waals surface area contributed by atoms with Crippen LogP contribution in [-0.4, -0.2) is 30.2 Å². The Labute approximate surface area is 84.7 Å². The molecule has 1 heterocycles. The van der Waals surface area contributed by atoms with Crippen LogP contribution < -0.4 is 0 Å². The standard InChI is InChI=1S/C11H18O3/c1-8-4-5-11(13-6-7-14-11)10(2,3)9(8)12/h9,12H,1,4-7H2,2-3H3. The monoisotopic (exact) mass is 198 g/mol. The molecule has 2 rings (SSSR count). The summed E-state index contributed by atoms with van der Waals surface area (Å²) in [4.78, 5) is 0. The lowest BCUT2D eigenvalue weighted by molar-refractivity contribution is -0.261. The van der Waals surface area contributed by atoms with E-state index in [1.54, 1.807) is 0 Å². The van der Waals surface area contributed by atoms with Crippen LogP contribution in [0.5, 0.6) is 0 Å². The maximum Gasteiger partial charge on any atom is 0.176 e. The number of ether oxygens (including phenoxy) is 2. The van der Waals surface area contributed by atoms with E-state index < -0.39 is 17.3 Å². The molecule has 1 aliphatic heterocycles. The van der Waals surface area contributed by atoms with E-state index in [1.165, 1.54) is 0 Å². The van der Waals surface area contributed by atoms with Crippen molar-refractivity contribution >= 4 is 0 Å². The van der Waals surface area contributed by atoms with Crippen LogP contribution in [0.3, 0.4) is 0 Å². The van der Waals surface area contributed by atoms with Crippen LogP contribution in [0.4, 0.5) is 0 Å². The highest BCUT2D eigenvalue weighted by molar-refractivity contribution is 5.16. The third-order valence-electron chi connectivity index (χ3n) is 3.58. The highest BCUT2D eigenvalue weighted by Gasteiger charge is 2.56. The number of aliphatic hydroxyl groups is 1. The lowest BCUT2D eigenvalue weighted by atomic mass is 9.68. The molecule has 2 fully saturated rings. The molecule has 0 radical (unpaired) electrons. The van der Waals surface area contributed by atoms with E-state index >= 15 is 0 Å². The Morgan fingerprint density at radius 3 is 2.50 bits per heavy atom. The van der Waals surface area contributed by atoms with Crippen molar-refractivity contribution in [3.05, 3.63) is 12.2 Å². The van der Waals surface area contributed by atoms with Gasteiger partial charge in [-0.3, -0.25) is 0 Å². The van der Waals surface area contributed by atoms with Gasteiger partial charge < -0.3 is 14.6 Å². The molecule has 1 aliphatic carbocycles. The molecule has 0 aromatic heterocycles. The van der Waals surface area contributed by atoms with Gasteiger partial charge in [-0.05, 0) is 12.0 Å². The molecule has 1 unspecified atom stereocenters. The Balaban J connectivity index is 2.31. The van der Waals surface area contributed by atoms with Gasteiger partial charge in [0.1, 0.15) is 0 Å². The molecule has 80 valence electrons. The molecule has 3 nitrogen and oxygen atoms in total. The quantitative estimate of drug-likeness (QED) is 0.599. The maximum absolute atomic E-state index is 10.1. The summed E-state index contributed by atoms with van der Waals surface area (Å²) in [5.41, 5.74) is 0.485. The predicted molar refractivity (Wildman–Crippen MR) is 52.8 cm³/mol. The average molecular weight is 198 g/mol. The second-order valence-corrected chi connectivity index (χ2v) is 4.73. The van der Waals surface area contributed by atoms with E-state index in [9.17, 15) is 5.11 Å². The smallest absolute Gasteiger partial charge is 0.176 e. The lowest BCUT2D eigenvalue weighted by Crippen LogP contribution is -2.55. The van der Waals surface area contributed by atoms with Gasteiger partial charge in [-0.1, -0.05) is 20.4 Å². The molecule has 1 atom stereocenters. The van der Waals surface area contributed by atoms with Gasteiger partial charge in [0.25, 0.3) is 0 Å². The Bertz CT molecular complexity index is 251. The first-order valence-electron chi connectivity index (χ1n) is 5.13. The Morgan fingerprint density at radius 2 is 1.93 bits per heavy atom. The topological polar surface area (TPSA) is 38.7 Å². The fourth-order valence-corrected chi connectivity index (χ4v) is 2.47. The van der Waals surface area contributed by atoms with Gasteiger partial charge in [0.15, 0.2) is 5.79 Å². The van der Waals surface area contributed by atoms with Crippen molar-refractivity contribution in [1.82, 2.24) is 0 Å². The highest BCUT2D eigenvalue weighted by Crippen LogP contribution is 2.50. The van der Waals surface area contributed by atoms with Gasteiger partial charge in [0.2, 0.25) is 0 Å². The highest BCUT2D eigenvalue weighted by atomic mass is 16.7. The van der Waals surface area contributed by atoms with Crippen molar-refractivity contribution in [3.63, 3.8) is 0 Å². The van der Waals surface area contributed by atoms with Gasteiger partial charge in [-0.25, -0.2) is 0 Å². The van der Waals surface area contributed by atoms with Crippen molar-refractivity contribution in [2.24, 2.45) is 5.41 Å². The van der Waals surface area contributed by atoms with E-state index in [4.69, 9.17) is 9.47 Å². The summed E-state index contributed by atoms with van der Waals surface area (Å²) in [5.74, 6) is -0.590. The third kappa shape index (κ3) is 1.16. The zero-order valence-corrected chi connectivity index (χ0v) is 8.88. The zero-order chi connectivity index (χ0) is 10.4. The SMILES string of the molecule is C=C1CCC2(OCCO2)C(C)(C)C1O. The Hall–Kier alpha value is -0.380. The first-order valence-corrected chi connectivity index (χ1v) is 5.13. The molecule has 1 saturated carbocycles. The average Bonchev–Trinajstić information content (AvgIpc) is 2.60. The zero-order valence-electron chi connectivity index (χ0n) is 8.88. The number of hydrogen-bond acceptors (Lipinski definition) is 3. The lowest BCUT2D eigenvalue weighted by Gasteiger charge is -2.49. The first kappa shape index (κ1) is 10.1. The molecular formula is C11H18O3. The van der Waals surface area contributed by atoms with Crippen LogP contribution in [-0.2, 0) is 9.47 Å². The van der Waals surface area contributed by atoms with Gasteiger partial charge in [0, 0.05) is 11.8 Å². The van der Waals surface area contributed by atoms with Crippen molar-refractivity contribution in [1.29, 1.82) is 0 Å². The molecule has 2 aliphatic rings. The predicted octanol–water partition coefficient (Wildman–Crippen LogP) is 1.47.